The van der Waals surface area contributed by atoms with Gasteiger partial charge in [-0.1, -0.05) is 11.6 Å². The summed E-state index contributed by atoms with van der Waals surface area (Å²) in [6.07, 6.45) is 0. The molecule has 0 atom stereocenters. The third-order valence-electron chi connectivity index (χ3n) is 2.16. The highest BCUT2D eigenvalue weighted by Gasteiger charge is 2.61. The minimum atomic E-state index is -5.63. The third kappa shape index (κ3) is 2.47. The minimum Gasteiger partial charge on any atom is -0.399 e. The van der Waals surface area contributed by atoms with Gasteiger partial charge in [-0.3, -0.25) is 9.13 Å². The van der Waals surface area contributed by atoms with E-state index in [-0.39, 0.29) is 5.69 Å². The number of hydrogen-bond acceptors (Lipinski definition) is 4. The molecule has 0 aliphatic rings. The van der Waals surface area contributed by atoms with Crippen molar-refractivity contribution in [1.29, 1.82) is 0 Å². The number of hydrogen-bond donors (Lipinski definition) is 6. The van der Waals surface area contributed by atoms with E-state index in [1.807, 2.05) is 0 Å². The lowest BCUT2D eigenvalue weighted by Gasteiger charge is -2.30. The van der Waals surface area contributed by atoms with Gasteiger partial charge >= 0.3 is 15.2 Å². The molecule has 11 heteroatoms. The molecule has 8 nitrogen and oxygen atoms in total. The van der Waals surface area contributed by atoms with E-state index in [4.69, 9.17) is 36.9 Å². The molecule has 7 N–H and O–H groups in total. The first kappa shape index (κ1) is 15.6. The lowest BCUT2D eigenvalue weighted by atomic mass is 10.2. The molecule has 0 aliphatic heterocycles. The number of rotatable bonds is 3. The van der Waals surface area contributed by atoms with E-state index in [0.29, 0.717) is 0 Å². The fourth-order valence-corrected chi connectivity index (χ4v) is 4.02. The summed E-state index contributed by atoms with van der Waals surface area (Å²) < 4.78 is 22.4. The van der Waals surface area contributed by atoms with Crippen LogP contribution in [-0.4, -0.2) is 24.7 Å². The van der Waals surface area contributed by atoms with Gasteiger partial charge in [0, 0.05) is 16.3 Å². The van der Waals surface area contributed by atoms with Gasteiger partial charge in [0.2, 0.25) is 0 Å². The van der Waals surface area contributed by atoms with Crippen molar-refractivity contribution in [1.82, 2.24) is 0 Å². The normalized spacial score (nSPS) is 13.7. The van der Waals surface area contributed by atoms with Crippen LogP contribution in [0.3, 0.4) is 0 Å². The molecule has 0 spiro atoms. The number of anilines is 1. The largest absolute Gasteiger partial charge is 0.399 e. The van der Waals surface area contributed by atoms with Crippen molar-refractivity contribution >= 4 is 32.5 Å². The second-order valence-corrected chi connectivity index (χ2v) is 7.69. The van der Waals surface area contributed by atoms with Crippen molar-refractivity contribution in [3.8, 4) is 0 Å². The number of aliphatic hydroxyl groups is 1. The molecule has 0 unspecified atom stereocenters. The van der Waals surface area contributed by atoms with Gasteiger partial charge in [0.15, 0.2) is 0 Å². The Balaban J connectivity index is 3.72. The fourth-order valence-electron chi connectivity index (χ4n) is 1.28. The Morgan fingerprint density at radius 2 is 1.56 bits per heavy atom. The molecule has 0 saturated heterocycles. The van der Waals surface area contributed by atoms with Crippen LogP contribution in [0.15, 0.2) is 18.2 Å². The zero-order valence-electron chi connectivity index (χ0n) is 8.63. The van der Waals surface area contributed by atoms with Crippen LogP contribution in [0.2, 0.25) is 5.02 Å². The van der Waals surface area contributed by atoms with Gasteiger partial charge in [0.05, 0.1) is 0 Å². The minimum absolute atomic E-state index is 0.0743. The van der Waals surface area contributed by atoms with Crippen molar-refractivity contribution in [2.24, 2.45) is 0 Å². The summed E-state index contributed by atoms with van der Waals surface area (Å²) in [5.74, 6) is 0. The average Bonchev–Trinajstić information content (AvgIpc) is 2.17. The van der Waals surface area contributed by atoms with Gasteiger partial charge in [-0.2, -0.15) is 0 Å². The van der Waals surface area contributed by atoms with Crippen molar-refractivity contribution in [3.63, 3.8) is 0 Å². The maximum absolute atomic E-state index is 11.2. The van der Waals surface area contributed by atoms with Crippen molar-refractivity contribution in [3.05, 3.63) is 28.8 Å². The van der Waals surface area contributed by atoms with E-state index in [0.717, 1.165) is 12.1 Å². The first-order valence-electron chi connectivity index (χ1n) is 4.30. The molecule has 1 rings (SSSR count). The van der Waals surface area contributed by atoms with E-state index in [1.54, 1.807) is 0 Å². The molecule has 0 aliphatic carbocycles. The SMILES string of the molecule is Nc1ccc(Cl)c(C(O)(P(=O)(O)O)P(=O)(O)O)c1. The molecule has 0 heterocycles. The number of benzene rings is 1. The zero-order valence-corrected chi connectivity index (χ0v) is 11.2. The maximum Gasteiger partial charge on any atom is 0.374 e. The molecule has 1 aromatic carbocycles. The molecule has 18 heavy (non-hydrogen) atoms. The Morgan fingerprint density at radius 3 is 1.94 bits per heavy atom. The highest BCUT2D eigenvalue weighted by Crippen LogP contribution is 2.73. The van der Waals surface area contributed by atoms with E-state index in [1.165, 1.54) is 6.07 Å². The summed E-state index contributed by atoms with van der Waals surface area (Å²) in [6.45, 7) is 0. The van der Waals surface area contributed by atoms with Crippen molar-refractivity contribution in [2.75, 3.05) is 5.73 Å². The lowest BCUT2D eigenvalue weighted by molar-refractivity contribution is 0.131. The number of nitrogen functional groups attached to an aromatic ring is 1. The van der Waals surface area contributed by atoms with Crippen LogP contribution in [0.4, 0.5) is 5.69 Å². The van der Waals surface area contributed by atoms with Gasteiger partial charge in [0.1, 0.15) is 0 Å². The van der Waals surface area contributed by atoms with Crippen LogP contribution in [0.5, 0.6) is 0 Å². The quantitative estimate of drug-likeness (QED) is 0.344. The molecular weight excluding hydrogens is 307 g/mol. The number of nitrogens with two attached hydrogens (primary N) is 1. The second kappa shape index (κ2) is 4.59. The van der Waals surface area contributed by atoms with Crippen molar-refractivity contribution in [2.45, 2.75) is 5.08 Å². The molecule has 1 aromatic rings. The van der Waals surface area contributed by atoms with Gasteiger partial charge in [-0.05, 0) is 18.2 Å². The number of halogens is 1. The predicted molar refractivity (Wildman–Crippen MR) is 63.8 cm³/mol. The Kier molecular flexibility index (Phi) is 3.99. The van der Waals surface area contributed by atoms with Gasteiger partial charge in [0.25, 0.3) is 5.08 Å². The van der Waals surface area contributed by atoms with Crippen molar-refractivity contribution < 1.29 is 33.8 Å². The topological polar surface area (TPSA) is 161 Å². The highest BCUT2D eigenvalue weighted by molar-refractivity contribution is 7.71. The molecular formula is C7H10ClNO7P2. The van der Waals surface area contributed by atoms with Crippen LogP contribution >= 0.6 is 26.8 Å². The standard InChI is InChI=1S/C7H10ClNO7P2/c8-6-2-1-4(9)3-5(6)7(10,17(11,12)13)18(14,15)16/h1-3,10H,9H2,(H2,11,12,13)(H2,14,15,16). The average molecular weight is 318 g/mol. The van der Waals surface area contributed by atoms with Gasteiger partial charge < -0.3 is 30.4 Å². The molecule has 0 bridgehead atoms. The fraction of sp³-hybridized carbons (Fsp3) is 0.143. The second-order valence-electron chi connectivity index (χ2n) is 3.46. The molecule has 0 radical (unpaired) electrons. The summed E-state index contributed by atoms with van der Waals surface area (Å²) in [6, 6.07) is 3.09. The van der Waals surface area contributed by atoms with E-state index < -0.39 is 30.9 Å². The highest BCUT2D eigenvalue weighted by atomic mass is 35.5. The summed E-state index contributed by atoms with van der Waals surface area (Å²) in [5, 5.41) is 5.63. The van der Waals surface area contributed by atoms with E-state index in [9.17, 15) is 14.2 Å². The molecule has 0 aromatic heterocycles. The molecule has 102 valence electrons. The smallest absolute Gasteiger partial charge is 0.374 e. The van der Waals surface area contributed by atoms with E-state index >= 15 is 0 Å². The van der Waals surface area contributed by atoms with Crippen LogP contribution in [0.25, 0.3) is 0 Å². The molecule has 0 saturated carbocycles. The maximum atomic E-state index is 11.2. The summed E-state index contributed by atoms with van der Waals surface area (Å²) in [4.78, 5) is 36.0. The first-order chi connectivity index (χ1) is 7.91. The monoisotopic (exact) mass is 317 g/mol. The van der Waals surface area contributed by atoms with Crippen LogP contribution in [0, 0.1) is 0 Å². The molecule has 0 amide bonds. The third-order valence-corrected chi connectivity index (χ3v) is 6.16. The Labute approximate surface area is 106 Å². The van der Waals surface area contributed by atoms with Crippen LogP contribution < -0.4 is 5.73 Å². The Bertz CT molecular complexity index is 543. The predicted octanol–water partition coefficient (Wildman–Crippen LogP) is 0.380. The van der Waals surface area contributed by atoms with E-state index in [2.05, 4.69) is 0 Å². The Hall–Kier alpha value is -0.430. The summed E-state index contributed by atoms with van der Waals surface area (Å²) in [5.41, 5.74) is 4.43. The van der Waals surface area contributed by atoms with Gasteiger partial charge in [-0.25, -0.2) is 0 Å². The van der Waals surface area contributed by atoms with Crippen LogP contribution in [-0.2, 0) is 14.2 Å². The van der Waals surface area contributed by atoms with Gasteiger partial charge in [-0.15, -0.1) is 0 Å². The summed E-state index contributed by atoms with van der Waals surface area (Å²) >= 11 is 5.59. The molecule has 0 fully saturated rings. The zero-order chi connectivity index (χ0) is 14.4. The first-order valence-corrected chi connectivity index (χ1v) is 7.90. The van der Waals surface area contributed by atoms with Crippen LogP contribution in [0.1, 0.15) is 5.56 Å². The summed E-state index contributed by atoms with van der Waals surface area (Å²) in [7, 11) is -11.3. The lowest BCUT2D eigenvalue weighted by Crippen LogP contribution is -2.26. The Morgan fingerprint density at radius 1 is 1.11 bits per heavy atom.